The Hall–Kier alpha value is -2.60. The van der Waals surface area contributed by atoms with E-state index >= 15 is 0 Å². The van der Waals surface area contributed by atoms with Crippen molar-refractivity contribution in [2.24, 2.45) is 0 Å². The highest BCUT2D eigenvalue weighted by Gasteiger charge is 2.41. The maximum Gasteiger partial charge on any atom is 0.251 e. The second-order valence-corrected chi connectivity index (χ2v) is 5.53. The summed E-state index contributed by atoms with van der Waals surface area (Å²) in [7, 11) is 1.81. The van der Waals surface area contributed by atoms with Gasteiger partial charge in [-0.25, -0.2) is 9.29 Å². The van der Waals surface area contributed by atoms with Crippen molar-refractivity contribution < 1.29 is 14.0 Å². The van der Waals surface area contributed by atoms with E-state index in [0.717, 1.165) is 10.5 Å². The number of pyridine rings is 1. The van der Waals surface area contributed by atoms with Crippen LogP contribution in [-0.2, 0) is 16.1 Å². The molecule has 1 aromatic heterocycles. The van der Waals surface area contributed by atoms with Crippen molar-refractivity contribution in [3.63, 3.8) is 0 Å². The number of amides is 2. The SMILES string of the molecule is CN(Cc1ccncc1)C1CC(=O)N(c2ccc(F)cc2)C1=O. The summed E-state index contributed by atoms with van der Waals surface area (Å²) in [5.74, 6) is -0.953. The highest BCUT2D eigenvalue weighted by atomic mass is 19.1. The number of anilines is 1. The molecule has 3 rings (SSSR count). The first-order valence-corrected chi connectivity index (χ1v) is 7.28. The predicted molar refractivity (Wildman–Crippen MR) is 83.0 cm³/mol. The lowest BCUT2D eigenvalue weighted by Gasteiger charge is -2.22. The first kappa shape index (κ1) is 15.3. The number of imide groups is 1. The third-order valence-electron chi connectivity index (χ3n) is 3.92. The monoisotopic (exact) mass is 313 g/mol. The van der Waals surface area contributed by atoms with E-state index in [2.05, 4.69) is 4.98 Å². The molecule has 2 amide bonds. The van der Waals surface area contributed by atoms with E-state index in [1.807, 2.05) is 24.1 Å². The molecule has 1 aliphatic rings. The van der Waals surface area contributed by atoms with Crippen LogP contribution < -0.4 is 4.90 Å². The van der Waals surface area contributed by atoms with Crippen molar-refractivity contribution >= 4 is 17.5 Å². The number of hydrogen-bond donors (Lipinski definition) is 0. The van der Waals surface area contributed by atoms with E-state index in [9.17, 15) is 14.0 Å². The van der Waals surface area contributed by atoms with Gasteiger partial charge in [0.2, 0.25) is 5.91 Å². The number of carbonyl (C=O) groups is 2. The lowest BCUT2D eigenvalue weighted by Crippen LogP contribution is -2.39. The molecule has 118 valence electrons. The fourth-order valence-electron chi connectivity index (χ4n) is 2.71. The van der Waals surface area contributed by atoms with Gasteiger partial charge in [0.05, 0.1) is 18.2 Å². The molecule has 1 atom stereocenters. The number of benzene rings is 1. The van der Waals surface area contributed by atoms with Gasteiger partial charge in [0, 0.05) is 18.9 Å². The summed E-state index contributed by atoms with van der Waals surface area (Å²) in [4.78, 5) is 31.7. The zero-order valence-electron chi connectivity index (χ0n) is 12.6. The van der Waals surface area contributed by atoms with Crippen molar-refractivity contribution in [2.45, 2.75) is 19.0 Å². The molecule has 0 spiro atoms. The van der Waals surface area contributed by atoms with Gasteiger partial charge >= 0.3 is 0 Å². The van der Waals surface area contributed by atoms with Crippen molar-refractivity contribution in [2.75, 3.05) is 11.9 Å². The lowest BCUT2D eigenvalue weighted by molar-refractivity contribution is -0.122. The molecular formula is C17H16FN3O2. The molecule has 2 heterocycles. The Morgan fingerprint density at radius 3 is 2.48 bits per heavy atom. The van der Waals surface area contributed by atoms with E-state index in [1.54, 1.807) is 12.4 Å². The first-order valence-electron chi connectivity index (χ1n) is 7.28. The highest BCUT2D eigenvalue weighted by Crippen LogP contribution is 2.26. The zero-order chi connectivity index (χ0) is 16.4. The maximum absolute atomic E-state index is 13.0. The average Bonchev–Trinajstić information content (AvgIpc) is 2.84. The largest absolute Gasteiger partial charge is 0.290 e. The summed E-state index contributed by atoms with van der Waals surface area (Å²) in [6.45, 7) is 0.545. The third kappa shape index (κ3) is 3.12. The predicted octanol–water partition coefficient (Wildman–Crippen LogP) is 1.98. The normalized spacial score (nSPS) is 18.0. The second kappa shape index (κ2) is 6.26. The number of rotatable bonds is 4. The van der Waals surface area contributed by atoms with E-state index in [-0.39, 0.29) is 18.2 Å². The Morgan fingerprint density at radius 2 is 1.83 bits per heavy atom. The molecule has 1 saturated heterocycles. The Kier molecular flexibility index (Phi) is 4.16. The second-order valence-electron chi connectivity index (χ2n) is 5.53. The maximum atomic E-state index is 13.0. The van der Waals surface area contributed by atoms with Crippen LogP contribution in [0.2, 0.25) is 0 Å². The molecule has 0 saturated carbocycles. The van der Waals surface area contributed by atoms with Gasteiger partial charge in [-0.05, 0) is 49.0 Å². The molecule has 0 N–H and O–H groups in total. The van der Waals surface area contributed by atoms with Gasteiger partial charge in [-0.2, -0.15) is 0 Å². The molecule has 1 unspecified atom stereocenters. The topological polar surface area (TPSA) is 53.5 Å². The molecule has 0 aliphatic carbocycles. The van der Waals surface area contributed by atoms with Crippen LogP contribution in [-0.4, -0.2) is 34.8 Å². The molecule has 1 fully saturated rings. The standard InChI is InChI=1S/C17H16FN3O2/c1-20(11-12-6-8-19-9-7-12)15-10-16(22)21(17(15)23)14-4-2-13(18)3-5-14/h2-9,15H,10-11H2,1H3. The molecule has 6 heteroatoms. The van der Waals surface area contributed by atoms with Crippen LogP contribution in [0.15, 0.2) is 48.8 Å². The summed E-state index contributed by atoms with van der Waals surface area (Å²) in [5, 5.41) is 0. The fraction of sp³-hybridized carbons (Fsp3) is 0.235. The summed E-state index contributed by atoms with van der Waals surface area (Å²) in [6, 6.07) is 8.59. The molecule has 1 aromatic carbocycles. The van der Waals surface area contributed by atoms with Crippen LogP contribution in [0.25, 0.3) is 0 Å². The minimum Gasteiger partial charge on any atom is -0.290 e. The van der Waals surface area contributed by atoms with Crippen molar-refractivity contribution in [1.82, 2.24) is 9.88 Å². The van der Waals surface area contributed by atoms with E-state index in [1.165, 1.54) is 24.3 Å². The van der Waals surface area contributed by atoms with Crippen LogP contribution in [0.4, 0.5) is 10.1 Å². The summed E-state index contributed by atoms with van der Waals surface area (Å²) >= 11 is 0. The smallest absolute Gasteiger partial charge is 0.251 e. The van der Waals surface area contributed by atoms with Crippen LogP contribution in [0.3, 0.4) is 0 Å². The van der Waals surface area contributed by atoms with Gasteiger partial charge in [0.25, 0.3) is 5.91 Å². The Bertz CT molecular complexity index is 718. The zero-order valence-corrected chi connectivity index (χ0v) is 12.6. The molecule has 2 aromatic rings. The van der Waals surface area contributed by atoms with Crippen LogP contribution >= 0.6 is 0 Å². The van der Waals surface area contributed by atoms with Crippen LogP contribution in [0, 0.1) is 5.82 Å². The van der Waals surface area contributed by atoms with E-state index < -0.39 is 11.9 Å². The molecule has 1 aliphatic heterocycles. The number of aromatic nitrogens is 1. The number of halogens is 1. The third-order valence-corrected chi connectivity index (χ3v) is 3.92. The van der Waals surface area contributed by atoms with Gasteiger partial charge < -0.3 is 0 Å². The highest BCUT2D eigenvalue weighted by molar-refractivity contribution is 6.22. The van der Waals surface area contributed by atoms with Gasteiger partial charge in [-0.1, -0.05) is 0 Å². The number of carbonyl (C=O) groups excluding carboxylic acids is 2. The van der Waals surface area contributed by atoms with Crippen molar-refractivity contribution in [3.8, 4) is 0 Å². The summed E-state index contributed by atoms with van der Waals surface area (Å²) < 4.78 is 13.0. The number of hydrogen-bond acceptors (Lipinski definition) is 4. The van der Waals surface area contributed by atoms with Gasteiger partial charge in [-0.3, -0.25) is 19.5 Å². The van der Waals surface area contributed by atoms with Gasteiger partial charge in [-0.15, -0.1) is 0 Å². The summed E-state index contributed by atoms with van der Waals surface area (Å²) in [6.07, 6.45) is 3.50. The Balaban J connectivity index is 1.76. The van der Waals surface area contributed by atoms with E-state index in [0.29, 0.717) is 12.2 Å². The molecule has 0 bridgehead atoms. The summed E-state index contributed by atoms with van der Waals surface area (Å²) in [5.41, 5.74) is 1.42. The van der Waals surface area contributed by atoms with Crippen LogP contribution in [0.5, 0.6) is 0 Å². The minimum atomic E-state index is -0.513. The molecular weight excluding hydrogens is 297 g/mol. The minimum absolute atomic E-state index is 0.123. The van der Waals surface area contributed by atoms with Crippen LogP contribution in [0.1, 0.15) is 12.0 Å². The van der Waals surface area contributed by atoms with Crippen molar-refractivity contribution in [1.29, 1.82) is 0 Å². The molecule has 23 heavy (non-hydrogen) atoms. The Morgan fingerprint density at radius 1 is 1.17 bits per heavy atom. The van der Waals surface area contributed by atoms with Crippen molar-refractivity contribution in [3.05, 3.63) is 60.2 Å². The average molecular weight is 313 g/mol. The number of likely N-dealkylation sites (N-methyl/N-ethyl adjacent to an activating group) is 1. The molecule has 5 nitrogen and oxygen atoms in total. The lowest BCUT2D eigenvalue weighted by atomic mass is 10.2. The first-order chi connectivity index (χ1) is 11.1. The molecule has 0 radical (unpaired) electrons. The van der Waals surface area contributed by atoms with Gasteiger partial charge in [0.1, 0.15) is 5.82 Å². The van der Waals surface area contributed by atoms with E-state index in [4.69, 9.17) is 0 Å². The quantitative estimate of drug-likeness (QED) is 0.810. The fourth-order valence-corrected chi connectivity index (χ4v) is 2.71. The Labute approximate surface area is 133 Å². The number of nitrogens with zero attached hydrogens (tertiary/aromatic N) is 3. The van der Waals surface area contributed by atoms with Gasteiger partial charge in [0.15, 0.2) is 0 Å².